The van der Waals surface area contributed by atoms with Crippen molar-refractivity contribution in [3.63, 3.8) is 0 Å². The van der Waals surface area contributed by atoms with Gasteiger partial charge in [0.2, 0.25) is 0 Å². The Morgan fingerprint density at radius 3 is 1.27 bits per heavy atom. The standard InChI is InChI=1S/C34H50O3/c1-3-5-7-9-11-19-25-33(31-27-35-31,29-21-15-13-16-22-29)37-34(32-28-36-32,30-23-17-14-18-24-30)26-20-12-10-8-6-4-2/h13-18,21-24,31-32H,3-12,19-20,25-28H2,1-2H3. The van der Waals surface area contributed by atoms with Gasteiger partial charge in [0, 0.05) is 0 Å². The Hall–Kier alpha value is -1.68. The third kappa shape index (κ3) is 7.68. The van der Waals surface area contributed by atoms with Gasteiger partial charge in [-0.15, -0.1) is 0 Å². The molecule has 37 heavy (non-hydrogen) atoms. The topological polar surface area (TPSA) is 34.3 Å². The minimum absolute atomic E-state index is 0.108. The van der Waals surface area contributed by atoms with Crippen LogP contribution in [0.1, 0.15) is 115 Å². The molecule has 3 nitrogen and oxygen atoms in total. The van der Waals surface area contributed by atoms with Crippen LogP contribution in [0.25, 0.3) is 0 Å². The van der Waals surface area contributed by atoms with Crippen LogP contribution in [0.3, 0.4) is 0 Å². The van der Waals surface area contributed by atoms with E-state index in [1.54, 1.807) is 0 Å². The lowest BCUT2D eigenvalue weighted by atomic mass is 9.80. The fourth-order valence-corrected chi connectivity index (χ4v) is 6.07. The minimum Gasteiger partial charge on any atom is -0.370 e. The van der Waals surface area contributed by atoms with Gasteiger partial charge in [-0.1, -0.05) is 152 Å². The zero-order chi connectivity index (χ0) is 25.8. The zero-order valence-corrected chi connectivity index (χ0v) is 23.5. The second-order valence-corrected chi connectivity index (χ2v) is 11.3. The van der Waals surface area contributed by atoms with Gasteiger partial charge < -0.3 is 14.2 Å². The van der Waals surface area contributed by atoms with Crippen LogP contribution in [-0.4, -0.2) is 25.4 Å². The SMILES string of the molecule is CCCCCCCCC(OC(CCCCCCCC)(c1ccccc1)C1CO1)(c1ccccc1)C1CO1. The van der Waals surface area contributed by atoms with Crippen molar-refractivity contribution in [2.24, 2.45) is 0 Å². The Kier molecular flexibility index (Phi) is 11.1. The first-order valence-electron chi connectivity index (χ1n) is 15.3. The molecule has 0 radical (unpaired) electrons. The van der Waals surface area contributed by atoms with Crippen molar-refractivity contribution < 1.29 is 14.2 Å². The van der Waals surface area contributed by atoms with Crippen molar-refractivity contribution in [3.8, 4) is 0 Å². The third-order valence-corrected chi connectivity index (χ3v) is 8.40. The first-order valence-corrected chi connectivity index (χ1v) is 15.3. The Balaban J connectivity index is 1.61. The molecular weight excluding hydrogens is 456 g/mol. The van der Waals surface area contributed by atoms with Crippen molar-refractivity contribution in [2.45, 2.75) is 127 Å². The van der Waals surface area contributed by atoms with Gasteiger partial charge in [-0.3, -0.25) is 0 Å². The predicted octanol–water partition coefficient (Wildman–Crippen LogP) is 9.09. The van der Waals surface area contributed by atoms with Gasteiger partial charge in [0.15, 0.2) is 0 Å². The van der Waals surface area contributed by atoms with Gasteiger partial charge in [-0.05, 0) is 24.0 Å². The third-order valence-electron chi connectivity index (χ3n) is 8.40. The molecule has 204 valence electrons. The largest absolute Gasteiger partial charge is 0.370 e. The molecule has 2 saturated heterocycles. The summed E-state index contributed by atoms with van der Waals surface area (Å²) in [6.45, 7) is 6.12. The Morgan fingerprint density at radius 2 is 0.919 bits per heavy atom. The van der Waals surface area contributed by atoms with Crippen molar-refractivity contribution in [3.05, 3.63) is 71.8 Å². The van der Waals surface area contributed by atoms with Crippen LogP contribution in [0.15, 0.2) is 60.7 Å². The molecule has 2 aliphatic heterocycles. The molecule has 3 heteroatoms. The highest BCUT2D eigenvalue weighted by Crippen LogP contribution is 2.52. The van der Waals surface area contributed by atoms with E-state index in [-0.39, 0.29) is 12.2 Å². The van der Waals surface area contributed by atoms with E-state index in [0.717, 1.165) is 38.9 Å². The van der Waals surface area contributed by atoms with Crippen molar-refractivity contribution in [1.82, 2.24) is 0 Å². The van der Waals surface area contributed by atoms with E-state index in [2.05, 4.69) is 74.5 Å². The van der Waals surface area contributed by atoms with Crippen LogP contribution in [0.5, 0.6) is 0 Å². The first-order chi connectivity index (χ1) is 18.2. The van der Waals surface area contributed by atoms with Gasteiger partial charge in [-0.25, -0.2) is 0 Å². The van der Waals surface area contributed by atoms with Crippen LogP contribution >= 0.6 is 0 Å². The van der Waals surface area contributed by atoms with Crippen LogP contribution in [0.4, 0.5) is 0 Å². The number of epoxide rings is 2. The van der Waals surface area contributed by atoms with Crippen LogP contribution in [0, 0.1) is 0 Å². The first kappa shape index (κ1) is 28.3. The fraction of sp³-hybridized carbons (Fsp3) is 0.647. The second kappa shape index (κ2) is 14.5. The monoisotopic (exact) mass is 506 g/mol. The minimum atomic E-state index is -0.448. The molecule has 0 aliphatic carbocycles. The molecule has 0 N–H and O–H groups in total. The maximum absolute atomic E-state index is 7.65. The summed E-state index contributed by atoms with van der Waals surface area (Å²) >= 11 is 0. The lowest BCUT2D eigenvalue weighted by Gasteiger charge is -2.44. The molecule has 2 fully saturated rings. The van der Waals surface area contributed by atoms with Gasteiger partial charge in [0.05, 0.1) is 13.2 Å². The molecule has 2 aliphatic rings. The average molecular weight is 507 g/mol. The van der Waals surface area contributed by atoms with E-state index in [1.165, 1.54) is 75.3 Å². The Labute approximate surface area is 226 Å². The number of rotatable bonds is 20. The molecule has 0 bridgehead atoms. The van der Waals surface area contributed by atoms with Gasteiger partial charge in [0.1, 0.15) is 23.4 Å². The van der Waals surface area contributed by atoms with Crippen LogP contribution in [0.2, 0.25) is 0 Å². The molecule has 2 aromatic carbocycles. The summed E-state index contributed by atoms with van der Waals surface area (Å²) in [5.74, 6) is 0. The molecule has 0 amide bonds. The average Bonchev–Trinajstić information content (AvgIpc) is 3.85. The Morgan fingerprint density at radius 1 is 0.568 bits per heavy atom. The summed E-state index contributed by atoms with van der Waals surface area (Å²) in [6, 6.07) is 21.9. The number of hydrogen-bond donors (Lipinski definition) is 0. The molecule has 2 heterocycles. The van der Waals surface area contributed by atoms with Crippen LogP contribution in [-0.2, 0) is 25.4 Å². The van der Waals surface area contributed by atoms with Crippen molar-refractivity contribution >= 4 is 0 Å². The summed E-state index contributed by atoms with van der Waals surface area (Å²) in [6.07, 6.45) is 17.5. The smallest absolute Gasteiger partial charge is 0.123 e. The van der Waals surface area contributed by atoms with E-state index in [9.17, 15) is 0 Å². The Bertz CT molecular complexity index is 803. The zero-order valence-electron chi connectivity index (χ0n) is 23.5. The summed E-state index contributed by atoms with van der Waals surface area (Å²) in [5, 5.41) is 0. The molecule has 0 saturated carbocycles. The summed E-state index contributed by atoms with van der Waals surface area (Å²) in [7, 11) is 0. The number of ether oxygens (including phenoxy) is 3. The highest BCUT2D eigenvalue weighted by atomic mass is 16.6. The normalized spacial score (nSPS) is 21.8. The summed E-state index contributed by atoms with van der Waals surface area (Å²) < 4.78 is 19.9. The summed E-state index contributed by atoms with van der Waals surface area (Å²) in [4.78, 5) is 0. The molecular formula is C34H50O3. The van der Waals surface area contributed by atoms with E-state index in [0.29, 0.717) is 0 Å². The maximum atomic E-state index is 7.65. The molecule has 0 spiro atoms. The van der Waals surface area contributed by atoms with Crippen molar-refractivity contribution in [1.29, 1.82) is 0 Å². The van der Waals surface area contributed by atoms with Gasteiger partial charge >= 0.3 is 0 Å². The molecule has 4 unspecified atom stereocenters. The lowest BCUT2D eigenvalue weighted by Crippen LogP contribution is -2.48. The highest BCUT2D eigenvalue weighted by Gasteiger charge is 2.58. The number of unbranched alkanes of at least 4 members (excludes halogenated alkanes) is 10. The number of hydrogen-bond acceptors (Lipinski definition) is 3. The quantitative estimate of drug-likeness (QED) is 0.133. The molecule has 4 atom stereocenters. The second-order valence-electron chi connectivity index (χ2n) is 11.3. The van der Waals surface area contributed by atoms with Gasteiger partial charge in [-0.2, -0.15) is 0 Å². The van der Waals surface area contributed by atoms with Crippen molar-refractivity contribution in [2.75, 3.05) is 13.2 Å². The predicted molar refractivity (Wildman–Crippen MR) is 153 cm³/mol. The lowest BCUT2D eigenvalue weighted by molar-refractivity contribution is -0.197. The maximum Gasteiger partial charge on any atom is 0.123 e. The molecule has 0 aromatic heterocycles. The van der Waals surface area contributed by atoms with E-state index in [4.69, 9.17) is 14.2 Å². The fourth-order valence-electron chi connectivity index (χ4n) is 6.07. The van der Waals surface area contributed by atoms with E-state index < -0.39 is 11.2 Å². The van der Waals surface area contributed by atoms with Gasteiger partial charge in [0.25, 0.3) is 0 Å². The van der Waals surface area contributed by atoms with E-state index in [1.807, 2.05) is 0 Å². The molecule has 2 aromatic rings. The molecule has 4 rings (SSSR count). The van der Waals surface area contributed by atoms with Crippen LogP contribution < -0.4 is 0 Å². The highest BCUT2D eigenvalue weighted by molar-refractivity contribution is 5.30. The van der Waals surface area contributed by atoms with E-state index >= 15 is 0 Å². The summed E-state index contributed by atoms with van der Waals surface area (Å²) in [5.41, 5.74) is 1.62. The number of benzene rings is 2.